The van der Waals surface area contributed by atoms with Crippen molar-refractivity contribution in [1.82, 2.24) is 0 Å². The van der Waals surface area contributed by atoms with Gasteiger partial charge in [0.2, 0.25) is 0 Å². The van der Waals surface area contributed by atoms with E-state index in [9.17, 15) is 4.79 Å². The van der Waals surface area contributed by atoms with Crippen LogP contribution in [0.5, 0.6) is 0 Å². The number of carbonyl (C=O) groups excluding carboxylic acids is 1. The van der Waals surface area contributed by atoms with Gasteiger partial charge in [-0.25, -0.2) is 4.79 Å². The lowest BCUT2D eigenvalue weighted by Gasteiger charge is -1.92. The Kier molecular flexibility index (Phi) is 5.14. The van der Waals surface area contributed by atoms with Crippen LogP contribution in [0, 0.1) is 0 Å². The fraction of sp³-hybridized carbons (Fsp3) is 0. The van der Waals surface area contributed by atoms with Crippen molar-refractivity contribution in [2.45, 2.75) is 0 Å². The second-order valence-electron chi connectivity index (χ2n) is 2.54. The Morgan fingerprint density at radius 1 is 1.07 bits per heavy atom. The van der Waals surface area contributed by atoms with Crippen molar-refractivity contribution in [3.8, 4) is 0 Å². The van der Waals surface area contributed by atoms with E-state index in [1.165, 1.54) is 0 Å². The summed E-state index contributed by atoms with van der Waals surface area (Å²) in [5, 5.41) is 12.0. The van der Waals surface area contributed by atoms with Crippen LogP contribution in [0.1, 0.15) is 10.4 Å². The molecule has 1 aromatic heterocycles. The van der Waals surface area contributed by atoms with Crippen LogP contribution >= 0.6 is 11.3 Å². The molecule has 0 aliphatic heterocycles. The van der Waals surface area contributed by atoms with E-state index >= 15 is 0 Å². The molecule has 0 radical (unpaired) electrons. The molecule has 4 heteroatoms. The molecule has 0 saturated carbocycles. The van der Waals surface area contributed by atoms with Gasteiger partial charge in [0, 0.05) is 0 Å². The third-order valence-electron chi connectivity index (χ3n) is 1.52. The number of rotatable bonds is 1. The summed E-state index contributed by atoms with van der Waals surface area (Å²) in [7, 11) is 0. The van der Waals surface area contributed by atoms with E-state index < -0.39 is 5.97 Å². The van der Waals surface area contributed by atoms with Crippen molar-refractivity contribution < 1.29 is 14.9 Å². The third-order valence-corrected chi connectivity index (χ3v) is 2.15. The Morgan fingerprint density at radius 3 is 2.07 bits per heavy atom. The van der Waals surface area contributed by atoms with Crippen LogP contribution in [-0.4, -0.2) is 11.2 Å². The zero-order valence-corrected chi connectivity index (χ0v) is 8.68. The van der Waals surface area contributed by atoms with E-state index in [1.807, 2.05) is 22.9 Å². The van der Waals surface area contributed by atoms with E-state index in [2.05, 4.69) is 4.89 Å². The van der Waals surface area contributed by atoms with Crippen molar-refractivity contribution >= 4 is 17.3 Å². The number of hydrogen-bond acceptors (Lipinski definition) is 4. The smallest absolute Gasteiger partial charge is 0.296 e. The van der Waals surface area contributed by atoms with E-state index in [-0.39, 0.29) is 0 Å². The highest BCUT2D eigenvalue weighted by atomic mass is 32.1. The van der Waals surface area contributed by atoms with E-state index in [4.69, 9.17) is 5.26 Å². The lowest BCUT2D eigenvalue weighted by molar-refractivity contribution is -0.182. The van der Waals surface area contributed by atoms with Gasteiger partial charge in [0.25, 0.3) is 0 Å². The topological polar surface area (TPSA) is 46.5 Å². The molecule has 0 amide bonds. The van der Waals surface area contributed by atoms with Crippen LogP contribution in [-0.2, 0) is 4.89 Å². The van der Waals surface area contributed by atoms with Gasteiger partial charge in [-0.1, -0.05) is 30.3 Å². The molecule has 3 nitrogen and oxygen atoms in total. The lowest BCUT2D eigenvalue weighted by Crippen LogP contribution is -2.00. The quantitative estimate of drug-likeness (QED) is 0.595. The van der Waals surface area contributed by atoms with Crippen LogP contribution in [0.25, 0.3) is 0 Å². The van der Waals surface area contributed by atoms with E-state index in [1.54, 1.807) is 41.7 Å². The molecule has 0 unspecified atom stereocenters. The van der Waals surface area contributed by atoms with Crippen molar-refractivity contribution in [3.05, 3.63) is 58.8 Å². The van der Waals surface area contributed by atoms with Gasteiger partial charge >= 0.3 is 5.97 Å². The molecular formula is C11H10O3S. The largest absolute Gasteiger partial charge is 0.372 e. The van der Waals surface area contributed by atoms with Gasteiger partial charge in [-0.2, -0.15) is 16.6 Å². The molecule has 2 aromatic rings. The van der Waals surface area contributed by atoms with Gasteiger partial charge < -0.3 is 0 Å². The highest BCUT2D eigenvalue weighted by molar-refractivity contribution is 7.07. The zero-order valence-electron chi connectivity index (χ0n) is 7.87. The molecule has 0 saturated heterocycles. The average molecular weight is 222 g/mol. The number of thiophene rings is 1. The number of benzene rings is 1. The molecule has 78 valence electrons. The first-order chi connectivity index (χ1) is 7.34. The standard InChI is InChI=1S/C7H6O3.C4H4S/c8-7(10-9)6-4-2-1-3-5-6;1-2-4-5-3-1/h1-5,9H;1-4H. The van der Waals surface area contributed by atoms with Gasteiger partial charge in [0.15, 0.2) is 0 Å². The van der Waals surface area contributed by atoms with Gasteiger partial charge in [-0.15, -0.1) is 0 Å². The maximum atomic E-state index is 10.5. The molecular weight excluding hydrogens is 212 g/mol. The maximum absolute atomic E-state index is 10.5. The van der Waals surface area contributed by atoms with Crippen LogP contribution in [0.15, 0.2) is 53.2 Å². The SMILES string of the molecule is O=C(OO)c1ccccc1.c1ccsc1. The normalized spacial score (nSPS) is 8.60. The second-order valence-corrected chi connectivity index (χ2v) is 3.35. The summed E-state index contributed by atoms with van der Waals surface area (Å²) in [6, 6.07) is 12.3. The second kappa shape index (κ2) is 6.75. The molecule has 2 rings (SSSR count). The zero-order chi connectivity index (χ0) is 10.9. The van der Waals surface area contributed by atoms with E-state index in [0.29, 0.717) is 5.56 Å². The van der Waals surface area contributed by atoms with Gasteiger partial charge in [-0.3, -0.25) is 4.89 Å². The molecule has 15 heavy (non-hydrogen) atoms. The van der Waals surface area contributed by atoms with Crippen LogP contribution in [0.3, 0.4) is 0 Å². The third kappa shape index (κ3) is 4.39. The summed E-state index contributed by atoms with van der Waals surface area (Å²) in [5.41, 5.74) is 0.338. The molecule has 0 aliphatic carbocycles. The summed E-state index contributed by atoms with van der Waals surface area (Å²) in [6.07, 6.45) is 0. The summed E-state index contributed by atoms with van der Waals surface area (Å²) in [5.74, 6) is -0.736. The fourth-order valence-electron chi connectivity index (χ4n) is 0.854. The molecule has 0 spiro atoms. The molecule has 1 aromatic carbocycles. The maximum Gasteiger partial charge on any atom is 0.372 e. The van der Waals surface area contributed by atoms with Crippen molar-refractivity contribution in [1.29, 1.82) is 0 Å². The minimum absolute atomic E-state index is 0.338. The molecule has 1 N–H and O–H groups in total. The lowest BCUT2D eigenvalue weighted by atomic mass is 10.2. The van der Waals surface area contributed by atoms with Crippen molar-refractivity contribution in [3.63, 3.8) is 0 Å². The Balaban J connectivity index is 0.000000187. The van der Waals surface area contributed by atoms with Gasteiger partial charge in [0.1, 0.15) is 0 Å². The Morgan fingerprint density at radius 2 is 1.67 bits per heavy atom. The minimum atomic E-state index is -0.736. The minimum Gasteiger partial charge on any atom is -0.296 e. The molecule has 1 heterocycles. The Hall–Kier alpha value is -1.65. The molecule has 0 aliphatic rings. The Labute approximate surface area is 91.5 Å². The van der Waals surface area contributed by atoms with Crippen LogP contribution < -0.4 is 0 Å². The molecule has 0 bridgehead atoms. The molecule has 0 fully saturated rings. The van der Waals surface area contributed by atoms with Crippen LogP contribution in [0.4, 0.5) is 0 Å². The number of carbonyl (C=O) groups is 1. The first-order valence-corrected chi connectivity index (χ1v) is 5.17. The monoisotopic (exact) mass is 222 g/mol. The molecule has 0 atom stereocenters. The highest BCUT2D eigenvalue weighted by Gasteiger charge is 2.02. The Bertz CT molecular complexity index is 353. The predicted octanol–water partition coefficient (Wildman–Crippen LogP) is 3.06. The van der Waals surface area contributed by atoms with E-state index in [0.717, 1.165) is 0 Å². The van der Waals surface area contributed by atoms with Crippen molar-refractivity contribution in [2.24, 2.45) is 0 Å². The summed E-state index contributed by atoms with van der Waals surface area (Å²) < 4.78 is 0. The summed E-state index contributed by atoms with van der Waals surface area (Å²) in [6.45, 7) is 0. The highest BCUT2D eigenvalue weighted by Crippen LogP contribution is 1.98. The number of hydrogen-bond donors (Lipinski definition) is 1. The first-order valence-electron chi connectivity index (χ1n) is 4.22. The summed E-state index contributed by atoms with van der Waals surface area (Å²) in [4.78, 5) is 14.0. The predicted molar refractivity (Wildman–Crippen MR) is 58.8 cm³/mol. The van der Waals surface area contributed by atoms with Crippen molar-refractivity contribution in [2.75, 3.05) is 0 Å². The van der Waals surface area contributed by atoms with Crippen LogP contribution in [0.2, 0.25) is 0 Å². The van der Waals surface area contributed by atoms with Gasteiger partial charge in [0.05, 0.1) is 5.56 Å². The van der Waals surface area contributed by atoms with Gasteiger partial charge in [-0.05, 0) is 22.9 Å². The fourth-order valence-corrected chi connectivity index (χ4v) is 1.31. The first kappa shape index (κ1) is 11.4. The summed E-state index contributed by atoms with van der Waals surface area (Å²) >= 11 is 1.71. The average Bonchev–Trinajstić information content (AvgIpc) is 2.88.